The van der Waals surface area contributed by atoms with Crippen molar-refractivity contribution < 1.29 is 4.74 Å². The summed E-state index contributed by atoms with van der Waals surface area (Å²) >= 11 is 1.79. The van der Waals surface area contributed by atoms with Crippen LogP contribution in [0.3, 0.4) is 0 Å². The van der Waals surface area contributed by atoms with Crippen LogP contribution in [0.25, 0.3) is 0 Å². The Balaban J connectivity index is 1.92. The van der Waals surface area contributed by atoms with Gasteiger partial charge in [0.2, 0.25) is 0 Å². The maximum Gasteiger partial charge on any atom is 0.185 e. The summed E-state index contributed by atoms with van der Waals surface area (Å²) in [6, 6.07) is 0.517. The van der Waals surface area contributed by atoms with Gasteiger partial charge in [-0.25, -0.2) is 4.98 Å². The van der Waals surface area contributed by atoms with E-state index in [0.717, 1.165) is 37.8 Å². The predicted molar refractivity (Wildman–Crippen MR) is 76.3 cm³/mol. The molecular formula is C13H23N3OS. The number of thiazole rings is 1. The molecule has 1 N–H and O–H groups in total. The molecule has 1 saturated heterocycles. The molecule has 0 spiro atoms. The zero-order chi connectivity index (χ0) is 13.0. The molecule has 1 aromatic heterocycles. The number of rotatable bonds is 5. The van der Waals surface area contributed by atoms with Crippen molar-refractivity contribution in [1.29, 1.82) is 0 Å². The van der Waals surface area contributed by atoms with Gasteiger partial charge in [-0.05, 0) is 6.42 Å². The number of nitrogens with zero attached hydrogens (tertiary/aromatic N) is 2. The highest BCUT2D eigenvalue weighted by atomic mass is 32.1. The summed E-state index contributed by atoms with van der Waals surface area (Å²) in [6.07, 6.45) is 3.43. The number of aromatic nitrogens is 1. The summed E-state index contributed by atoms with van der Waals surface area (Å²) in [6.45, 7) is 10.2. The number of ether oxygens (including phenoxy) is 1. The molecule has 0 aliphatic carbocycles. The Labute approximate surface area is 113 Å². The van der Waals surface area contributed by atoms with Crippen molar-refractivity contribution in [1.82, 2.24) is 10.3 Å². The third-order valence-corrected chi connectivity index (χ3v) is 4.15. The Hall–Kier alpha value is -0.650. The molecule has 0 amide bonds. The first-order valence-corrected chi connectivity index (χ1v) is 7.55. The zero-order valence-corrected chi connectivity index (χ0v) is 12.3. The van der Waals surface area contributed by atoms with Crippen LogP contribution < -0.4 is 10.2 Å². The number of morpholine rings is 1. The molecule has 1 aromatic rings. The van der Waals surface area contributed by atoms with E-state index in [4.69, 9.17) is 4.74 Å². The molecule has 18 heavy (non-hydrogen) atoms. The van der Waals surface area contributed by atoms with E-state index >= 15 is 0 Å². The van der Waals surface area contributed by atoms with E-state index in [1.54, 1.807) is 11.3 Å². The van der Waals surface area contributed by atoms with Crippen molar-refractivity contribution in [2.45, 2.75) is 45.9 Å². The van der Waals surface area contributed by atoms with Crippen LogP contribution in [0.15, 0.2) is 6.20 Å². The highest BCUT2D eigenvalue weighted by Crippen LogP contribution is 2.24. The molecule has 2 heterocycles. The fourth-order valence-corrected chi connectivity index (χ4v) is 2.87. The summed E-state index contributed by atoms with van der Waals surface area (Å²) in [4.78, 5) is 8.19. The van der Waals surface area contributed by atoms with Gasteiger partial charge in [0, 0.05) is 36.8 Å². The Morgan fingerprint density at radius 3 is 3.17 bits per heavy atom. The topological polar surface area (TPSA) is 37.4 Å². The molecule has 1 aliphatic heterocycles. The van der Waals surface area contributed by atoms with Crippen LogP contribution in [-0.2, 0) is 11.3 Å². The van der Waals surface area contributed by atoms with Gasteiger partial charge < -0.3 is 15.0 Å². The van der Waals surface area contributed by atoms with Crippen LogP contribution in [0.1, 0.15) is 32.1 Å². The van der Waals surface area contributed by atoms with Gasteiger partial charge in [-0.1, -0.05) is 20.8 Å². The quantitative estimate of drug-likeness (QED) is 0.889. The van der Waals surface area contributed by atoms with E-state index in [2.05, 4.69) is 36.0 Å². The first-order chi connectivity index (χ1) is 8.69. The van der Waals surface area contributed by atoms with Crippen molar-refractivity contribution in [3.05, 3.63) is 11.1 Å². The van der Waals surface area contributed by atoms with Crippen LogP contribution in [0.2, 0.25) is 0 Å². The molecule has 1 atom stereocenters. The minimum atomic E-state index is 0.361. The molecule has 5 heteroatoms. The molecule has 0 saturated carbocycles. The highest BCUT2D eigenvalue weighted by Gasteiger charge is 2.21. The molecule has 0 aromatic carbocycles. The summed E-state index contributed by atoms with van der Waals surface area (Å²) < 4.78 is 5.69. The Morgan fingerprint density at radius 2 is 2.44 bits per heavy atom. The number of hydrogen-bond acceptors (Lipinski definition) is 5. The second-order valence-corrected chi connectivity index (χ2v) is 6.09. The fraction of sp³-hybridized carbons (Fsp3) is 0.769. The fourth-order valence-electron chi connectivity index (χ4n) is 1.97. The highest BCUT2D eigenvalue weighted by molar-refractivity contribution is 7.15. The lowest BCUT2D eigenvalue weighted by molar-refractivity contribution is 0.0384. The van der Waals surface area contributed by atoms with Gasteiger partial charge in [0.25, 0.3) is 0 Å². The number of anilines is 1. The van der Waals surface area contributed by atoms with Gasteiger partial charge in [-0.3, -0.25) is 0 Å². The lowest BCUT2D eigenvalue weighted by atomic mass is 10.2. The largest absolute Gasteiger partial charge is 0.375 e. The van der Waals surface area contributed by atoms with Gasteiger partial charge >= 0.3 is 0 Å². The normalized spacial score (nSPS) is 20.7. The second-order valence-electron chi connectivity index (χ2n) is 4.99. The third kappa shape index (κ3) is 3.67. The second kappa shape index (κ2) is 6.50. The van der Waals surface area contributed by atoms with E-state index in [9.17, 15) is 0 Å². The van der Waals surface area contributed by atoms with Crippen LogP contribution in [0.5, 0.6) is 0 Å². The van der Waals surface area contributed by atoms with Gasteiger partial charge in [-0.2, -0.15) is 0 Å². The SMILES string of the molecule is CCC1CN(c2ncc(CNC(C)C)s2)CCO1. The van der Waals surface area contributed by atoms with Crippen LogP contribution in [0.4, 0.5) is 5.13 Å². The molecule has 0 bridgehead atoms. The van der Waals surface area contributed by atoms with Gasteiger partial charge in [-0.15, -0.1) is 11.3 Å². The number of nitrogens with one attached hydrogen (secondary N) is 1. The zero-order valence-electron chi connectivity index (χ0n) is 11.5. The van der Waals surface area contributed by atoms with Gasteiger partial charge in [0.15, 0.2) is 5.13 Å². The Morgan fingerprint density at radius 1 is 1.61 bits per heavy atom. The molecule has 102 valence electrons. The van der Waals surface area contributed by atoms with E-state index in [1.807, 2.05) is 6.20 Å². The summed E-state index contributed by atoms with van der Waals surface area (Å²) in [5.74, 6) is 0. The first kappa shape index (κ1) is 13.8. The average molecular weight is 269 g/mol. The average Bonchev–Trinajstić information content (AvgIpc) is 2.85. The van der Waals surface area contributed by atoms with Crippen molar-refractivity contribution in [2.24, 2.45) is 0 Å². The van der Waals surface area contributed by atoms with Crippen molar-refractivity contribution in [3.63, 3.8) is 0 Å². The van der Waals surface area contributed by atoms with Crippen LogP contribution in [-0.4, -0.2) is 36.8 Å². The lowest BCUT2D eigenvalue weighted by Gasteiger charge is -2.32. The maximum absolute atomic E-state index is 5.69. The van der Waals surface area contributed by atoms with E-state index in [0.29, 0.717) is 12.1 Å². The smallest absolute Gasteiger partial charge is 0.185 e. The van der Waals surface area contributed by atoms with Crippen molar-refractivity contribution in [2.75, 3.05) is 24.6 Å². The lowest BCUT2D eigenvalue weighted by Crippen LogP contribution is -2.42. The molecule has 1 fully saturated rings. The van der Waals surface area contributed by atoms with Crippen LogP contribution >= 0.6 is 11.3 Å². The van der Waals surface area contributed by atoms with Crippen molar-refractivity contribution in [3.8, 4) is 0 Å². The Kier molecular flexibility index (Phi) is 4.97. The Bertz CT molecular complexity index is 367. The molecule has 0 radical (unpaired) electrons. The molecule has 2 rings (SSSR count). The van der Waals surface area contributed by atoms with E-state index < -0.39 is 0 Å². The van der Waals surface area contributed by atoms with Gasteiger partial charge in [0.1, 0.15) is 0 Å². The van der Waals surface area contributed by atoms with Crippen molar-refractivity contribution >= 4 is 16.5 Å². The standard InChI is InChI=1S/C13H23N3OS/c1-4-11-9-16(5-6-17-11)13-15-8-12(18-13)7-14-10(2)3/h8,10-11,14H,4-7,9H2,1-3H3. The molecular weight excluding hydrogens is 246 g/mol. The van der Waals surface area contributed by atoms with E-state index in [-0.39, 0.29) is 0 Å². The van der Waals surface area contributed by atoms with Gasteiger partial charge in [0.05, 0.1) is 12.7 Å². The summed E-state index contributed by atoms with van der Waals surface area (Å²) in [7, 11) is 0. The molecule has 1 aliphatic rings. The molecule has 1 unspecified atom stereocenters. The maximum atomic E-state index is 5.69. The minimum Gasteiger partial charge on any atom is -0.375 e. The minimum absolute atomic E-state index is 0.361. The molecule has 4 nitrogen and oxygen atoms in total. The monoisotopic (exact) mass is 269 g/mol. The summed E-state index contributed by atoms with van der Waals surface area (Å²) in [5, 5.41) is 4.56. The number of hydrogen-bond donors (Lipinski definition) is 1. The van der Waals surface area contributed by atoms with Crippen LogP contribution in [0, 0.1) is 0 Å². The third-order valence-electron chi connectivity index (χ3n) is 3.09. The predicted octanol–water partition coefficient (Wildman–Crippen LogP) is 2.26. The van der Waals surface area contributed by atoms with E-state index in [1.165, 1.54) is 4.88 Å². The first-order valence-electron chi connectivity index (χ1n) is 6.73. The summed E-state index contributed by atoms with van der Waals surface area (Å²) in [5.41, 5.74) is 0.